The molecule has 3 saturated heterocycles. The number of likely N-dealkylation sites (tertiary alicyclic amines) is 2. The van der Waals surface area contributed by atoms with Crippen LogP contribution in [0.15, 0.2) is 91.0 Å². The van der Waals surface area contributed by atoms with Crippen molar-refractivity contribution >= 4 is 17.8 Å². The minimum atomic E-state index is -0.608. The number of piperazine rings is 1. The van der Waals surface area contributed by atoms with E-state index in [-0.39, 0.29) is 29.7 Å². The van der Waals surface area contributed by atoms with Crippen LogP contribution in [-0.2, 0) is 25.2 Å². The minimum absolute atomic E-state index is 0.0545. The molecule has 254 valence electrons. The number of hydrazine groups is 1. The molecule has 6 rings (SSSR count). The molecule has 3 aliphatic rings. The molecule has 3 aliphatic heterocycles. The molecule has 0 radical (unpaired) electrons. The van der Waals surface area contributed by atoms with Crippen LogP contribution in [0.4, 0.5) is 0 Å². The van der Waals surface area contributed by atoms with Crippen molar-refractivity contribution in [1.29, 1.82) is 0 Å². The Hall–Kier alpha value is -4.05. The van der Waals surface area contributed by atoms with Gasteiger partial charge in [-0.3, -0.25) is 24.7 Å². The standard InChI is InChI=1S/C39H49N5O4/c1-2-48-35(45)30-42-26-28-44(29-27-42)40-37(47)39(34-16-10-5-11-17-34)20-23-41(24-21-39)22-18-38(33-14-8-4-9-15-33)19-25-43(31-38)36(46)32-12-6-3-7-13-32/h3-17H,2,18-31H2,1H3,(H,40,47). The summed E-state index contributed by atoms with van der Waals surface area (Å²) in [6.07, 6.45) is 3.37. The predicted octanol–water partition coefficient (Wildman–Crippen LogP) is 4.11. The highest BCUT2D eigenvalue weighted by molar-refractivity contribution is 5.94. The molecule has 2 amide bonds. The number of nitrogens with zero attached hydrogens (tertiary/aromatic N) is 4. The third kappa shape index (κ3) is 7.64. The second-order valence-electron chi connectivity index (χ2n) is 13.5. The van der Waals surface area contributed by atoms with Crippen molar-refractivity contribution in [2.45, 2.75) is 43.4 Å². The van der Waals surface area contributed by atoms with Gasteiger partial charge in [-0.05, 0) is 75.5 Å². The number of rotatable bonds is 11. The molecule has 3 fully saturated rings. The average molecular weight is 652 g/mol. The van der Waals surface area contributed by atoms with Gasteiger partial charge in [-0.2, -0.15) is 0 Å². The maximum Gasteiger partial charge on any atom is 0.320 e. The van der Waals surface area contributed by atoms with Gasteiger partial charge >= 0.3 is 5.97 Å². The van der Waals surface area contributed by atoms with Crippen molar-refractivity contribution in [2.24, 2.45) is 0 Å². The van der Waals surface area contributed by atoms with Crippen molar-refractivity contribution < 1.29 is 19.1 Å². The van der Waals surface area contributed by atoms with Crippen LogP contribution in [0.25, 0.3) is 0 Å². The summed E-state index contributed by atoms with van der Waals surface area (Å²) < 4.78 is 5.11. The van der Waals surface area contributed by atoms with Crippen molar-refractivity contribution in [3.05, 3.63) is 108 Å². The van der Waals surface area contributed by atoms with E-state index >= 15 is 0 Å². The SMILES string of the molecule is CCOC(=O)CN1CCN(NC(=O)C2(c3ccccc3)CCN(CCC3(c4ccccc4)CCN(C(=O)c4ccccc4)C3)CC2)CC1. The zero-order valence-electron chi connectivity index (χ0n) is 28.2. The Balaban J connectivity index is 1.09. The summed E-state index contributed by atoms with van der Waals surface area (Å²) in [7, 11) is 0. The first-order valence-electron chi connectivity index (χ1n) is 17.5. The van der Waals surface area contributed by atoms with Gasteiger partial charge in [0.05, 0.1) is 18.6 Å². The van der Waals surface area contributed by atoms with E-state index in [0.29, 0.717) is 39.3 Å². The van der Waals surface area contributed by atoms with Crippen LogP contribution >= 0.6 is 0 Å². The quantitative estimate of drug-likeness (QED) is 0.313. The summed E-state index contributed by atoms with van der Waals surface area (Å²) >= 11 is 0. The number of amides is 2. The molecule has 0 saturated carbocycles. The van der Waals surface area contributed by atoms with Crippen LogP contribution in [0.5, 0.6) is 0 Å². The van der Waals surface area contributed by atoms with E-state index < -0.39 is 5.41 Å². The topological polar surface area (TPSA) is 85.4 Å². The summed E-state index contributed by atoms with van der Waals surface area (Å²) in [5, 5.41) is 2.01. The molecule has 0 bridgehead atoms. The third-order valence-corrected chi connectivity index (χ3v) is 10.7. The fraction of sp³-hybridized carbons (Fsp3) is 0.462. The van der Waals surface area contributed by atoms with Gasteiger partial charge in [-0.1, -0.05) is 78.9 Å². The lowest BCUT2D eigenvalue weighted by Crippen LogP contribution is -2.59. The number of piperidine rings is 1. The van der Waals surface area contributed by atoms with Gasteiger partial charge in [0.25, 0.3) is 5.91 Å². The minimum Gasteiger partial charge on any atom is -0.465 e. The maximum atomic E-state index is 14.2. The van der Waals surface area contributed by atoms with E-state index in [1.54, 1.807) is 0 Å². The Bertz CT molecular complexity index is 1510. The second kappa shape index (κ2) is 15.4. The molecule has 0 aliphatic carbocycles. The first kappa shape index (κ1) is 33.8. The fourth-order valence-corrected chi connectivity index (χ4v) is 7.78. The van der Waals surface area contributed by atoms with E-state index in [1.807, 2.05) is 65.4 Å². The molecule has 0 aromatic heterocycles. The molecule has 9 heteroatoms. The van der Waals surface area contributed by atoms with Crippen molar-refractivity contribution in [3.63, 3.8) is 0 Å². The van der Waals surface area contributed by atoms with Crippen molar-refractivity contribution in [2.75, 3.05) is 72.1 Å². The number of hydrogen-bond donors (Lipinski definition) is 1. The van der Waals surface area contributed by atoms with Gasteiger partial charge in [0, 0.05) is 50.2 Å². The highest BCUT2D eigenvalue weighted by Gasteiger charge is 2.45. The normalized spacial score (nSPS) is 21.9. The maximum absolute atomic E-state index is 14.2. The monoisotopic (exact) mass is 651 g/mol. The zero-order valence-corrected chi connectivity index (χ0v) is 28.2. The van der Waals surface area contributed by atoms with Crippen LogP contribution in [0.2, 0.25) is 0 Å². The highest BCUT2D eigenvalue weighted by Crippen LogP contribution is 2.40. The Morgan fingerprint density at radius 1 is 0.708 bits per heavy atom. The first-order valence-corrected chi connectivity index (χ1v) is 17.5. The van der Waals surface area contributed by atoms with Gasteiger partial charge in [0.2, 0.25) is 5.91 Å². The Morgan fingerprint density at radius 3 is 1.94 bits per heavy atom. The van der Waals surface area contributed by atoms with Gasteiger partial charge in [0.15, 0.2) is 0 Å². The zero-order chi connectivity index (χ0) is 33.4. The number of esters is 1. The van der Waals surface area contributed by atoms with E-state index in [9.17, 15) is 14.4 Å². The predicted molar refractivity (Wildman–Crippen MR) is 186 cm³/mol. The average Bonchev–Trinajstić information content (AvgIpc) is 3.58. The van der Waals surface area contributed by atoms with Gasteiger partial charge in [0.1, 0.15) is 0 Å². The molecule has 1 N–H and O–H groups in total. The number of carbonyl (C=O) groups excluding carboxylic acids is 3. The van der Waals surface area contributed by atoms with E-state index in [2.05, 4.69) is 57.7 Å². The number of benzene rings is 3. The Kier molecular flexibility index (Phi) is 10.9. The molecule has 9 nitrogen and oxygen atoms in total. The third-order valence-electron chi connectivity index (χ3n) is 10.7. The summed E-state index contributed by atoms with van der Waals surface area (Å²) in [5.41, 5.74) is 5.66. The van der Waals surface area contributed by atoms with Crippen LogP contribution in [-0.4, -0.2) is 110 Å². The van der Waals surface area contributed by atoms with Crippen molar-refractivity contribution in [3.8, 4) is 0 Å². The van der Waals surface area contributed by atoms with Gasteiger partial charge in [-0.25, -0.2) is 5.01 Å². The lowest BCUT2D eigenvalue weighted by molar-refractivity contribution is -0.145. The summed E-state index contributed by atoms with van der Waals surface area (Å²) in [5.74, 6) is -0.0466. The molecule has 1 unspecified atom stereocenters. The van der Waals surface area contributed by atoms with Crippen LogP contribution in [0, 0.1) is 0 Å². The summed E-state index contributed by atoms with van der Waals surface area (Å²) in [4.78, 5) is 46.1. The number of hydrogen-bond acceptors (Lipinski definition) is 7. The highest BCUT2D eigenvalue weighted by atomic mass is 16.5. The number of carbonyl (C=O) groups is 3. The smallest absolute Gasteiger partial charge is 0.320 e. The molecule has 3 heterocycles. The van der Waals surface area contributed by atoms with E-state index in [1.165, 1.54) is 5.56 Å². The first-order chi connectivity index (χ1) is 23.4. The number of nitrogens with one attached hydrogen (secondary N) is 1. The second-order valence-corrected chi connectivity index (χ2v) is 13.5. The lowest BCUT2D eigenvalue weighted by atomic mass is 9.71. The summed E-state index contributed by atoms with van der Waals surface area (Å²) in [6, 6.07) is 30.5. The van der Waals surface area contributed by atoms with Crippen LogP contribution < -0.4 is 5.43 Å². The molecular weight excluding hydrogens is 602 g/mol. The molecule has 3 aromatic rings. The van der Waals surface area contributed by atoms with Crippen molar-refractivity contribution in [1.82, 2.24) is 25.1 Å². The molecular formula is C39H49N5O4. The van der Waals surface area contributed by atoms with Gasteiger partial charge in [-0.15, -0.1) is 0 Å². The number of ether oxygens (including phenoxy) is 1. The fourth-order valence-electron chi connectivity index (χ4n) is 7.78. The van der Waals surface area contributed by atoms with E-state index in [0.717, 1.165) is 63.0 Å². The van der Waals surface area contributed by atoms with Gasteiger partial charge < -0.3 is 14.5 Å². The van der Waals surface area contributed by atoms with E-state index in [4.69, 9.17) is 4.74 Å². The largest absolute Gasteiger partial charge is 0.465 e. The molecule has 0 spiro atoms. The van der Waals surface area contributed by atoms with Crippen LogP contribution in [0.1, 0.15) is 54.1 Å². The van der Waals surface area contributed by atoms with Crippen LogP contribution in [0.3, 0.4) is 0 Å². The Labute approximate surface area is 284 Å². The Morgan fingerprint density at radius 2 is 1.31 bits per heavy atom. The summed E-state index contributed by atoms with van der Waals surface area (Å²) in [6.45, 7) is 9.23. The molecule has 48 heavy (non-hydrogen) atoms. The lowest BCUT2D eigenvalue weighted by Gasteiger charge is -2.43. The molecule has 1 atom stereocenters. The molecule has 3 aromatic carbocycles.